The van der Waals surface area contributed by atoms with E-state index < -0.39 is 160 Å². The number of rotatable bonds is 22. The minimum absolute atomic E-state index is 0.0200. The van der Waals surface area contributed by atoms with Gasteiger partial charge in [0.15, 0.2) is 41.4 Å². The number of nitrogens with zero attached hydrogens (tertiary/aromatic N) is 11. The number of nitrogens with one attached hydrogen (secondary N) is 2. The summed E-state index contributed by atoms with van der Waals surface area (Å²) in [7, 11) is -16.0. The standard InChI is InChI=1S/C38H54N16O23P4/c1-50(2)19(55)7-15-16(73-34(23(15)56)54-14-51(3)22-31(54)47-38(41)49-33(22)60)8-72-81(67,68)77-79(63,64)6-5-78(61,62)70-10-18-26(27(69-4)36(75-18)52-12-44-20-28(39)42-11-43-29(20)52)76-80(65,66)71-9-17-24(57)25(58)35(74-17)53-13-45-21-30(53)46-37(40)48-32(21)59/h11-18,23-27,34-36,56-58H,5-10H2,1-4H3,(H11-,39,40,41,42,43,46,47,48,49,59,60,61,62,63,64,65,66,67,68)/p+1/t15-,16-,17-,18-,23-,24-,25-,26-,27-,34-,35-,36-/m1/s1. The van der Waals surface area contributed by atoms with Gasteiger partial charge in [0.2, 0.25) is 23.6 Å². The van der Waals surface area contributed by atoms with Crippen LogP contribution in [0.1, 0.15) is 25.1 Å². The Morgan fingerprint density at radius 3 is 2.06 bits per heavy atom. The first-order chi connectivity index (χ1) is 38.0. The first-order valence-corrected chi connectivity index (χ1v) is 30.3. The van der Waals surface area contributed by atoms with Gasteiger partial charge >= 0.3 is 36.5 Å². The molecule has 15 N–H and O–H groups in total. The molecule has 16 atom stereocenters. The summed E-state index contributed by atoms with van der Waals surface area (Å²) in [6, 6.07) is 0. The Morgan fingerprint density at radius 2 is 1.36 bits per heavy atom. The molecule has 3 aliphatic rings. The number of aliphatic hydroxyl groups excluding tert-OH is 3. The molecule has 0 bridgehead atoms. The Bertz CT molecular complexity index is 3670. The lowest BCUT2D eigenvalue weighted by Gasteiger charge is -2.26. The molecule has 39 nitrogen and oxygen atoms in total. The molecule has 0 saturated carbocycles. The lowest BCUT2D eigenvalue weighted by atomic mass is 9.94. The topological polar surface area (TPSA) is 553 Å². The highest BCUT2D eigenvalue weighted by Crippen LogP contribution is 2.62. The Labute approximate surface area is 452 Å². The summed E-state index contributed by atoms with van der Waals surface area (Å²) in [6.07, 6.45) is -15.5. The maximum atomic E-state index is 13.8. The zero-order valence-corrected chi connectivity index (χ0v) is 46.2. The molecule has 6 aromatic rings. The van der Waals surface area contributed by atoms with Crippen LogP contribution in [0.25, 0.3) is 33.5 Å². The number of ether oxygens (including phenoxy) is 4. The predicted octanol–water partition coefficient (Wildman–Crippen LogP) is -3.82. The largest absolute Gasteiger partial charge is 0.479 e. The Morgan fingerprint density at radius 1 is 0.741 bits per heavy atom. The van der Waals surface area contributed by atoms with Crippen LogP contribution in [0.3, 0.4) is 0 Å². The highest BCUT2D eigenvalue weighted by molar-refractivity contribution is 7.64. The van der Waals surface area contributed by atoms with Crippen LogP contribution in [-0.2, 0) is 71.5 Å². The van der Waals surface area contributed by atoms with Crippen molar-refractivity contribution in [2.75, 3.05) is 70.6 Å². The van der Waals surface area contributed by atoms with Crippen LogP contribution in [-0.4, -0.2) is 201 Å². The highest BCUT2D eigenvalue weighted by atomic mass is 31.3. The third-order valence-electron chi connectivity index (χ3n) is 13.2. The average molecular weight is 1230 g/mol. The second kappa shape index (κ2) is 22.9. The number of carbonyl (C=O) groups excluding carboxylic acids is 1. The third kappa shape index (κ3) is 12.5. The summed E-state index contributed by atoms with van der Waals surface area (Å²) in [5.74, 6) is -2.32. The summed E-state index contributed by atoms with van der Waals surface area (Å²) < 4.78 is 108. The summed E-state index contributed by atoms with van der Waals surface area (Å²) in [4.78, 5) is 111. The fourth-order valence-electron chi connectivity index (χ4n) is 9.26. The van der Waals surface area contributed by atoms with Crippen molar-refractivity contribution in [2.24, 2.45) is 13.0 Å². The quantitative estimate of drug-likeness (QED) is 0.0229. The molecular weight excluding hydrogens is 1170 g/mol. The lowest BCUT2D eigenvalue weighted by Crippen LogP contribution is -2.45. The maximum absolute atomic E-state index is 13.8. The Kier molecular flexibility index (Phi) is 16.9. The number of aliphatic hydroxyl groups is 3. The monoisotopic (exact) mass is 1230 g/mol. The number of aromatic amines is 2. The fourth-order valence-corrected chi connectivity index (χ4v) is 14.9. The third-order valence-corrected chi connectivity index (χ3v) is 19.0. The Balaban J connectivity index is 0.856. The molecule has 4 unspecified atom stereocenters. The molecular formula is C38H55N16O23P4+. The number of fused-ring (bicyclic) bond motifs is 3. The maximum Gasteiger partial charge on any atom is 0.479 e. The number of phosphoric ester groups is 2. The van der Waals surface area contributed by atoms with Crippen LogP contribution >= 0.6 is 30.8 Å². The molecule has 9 rings (SSSR count). The SMILES string of the molecule is CO[C@@H]1[C@H](OP(=O)(O)OC[C@H]2O[C@@H](n3cnc4c(=O)[nH]c(N)nc43)[C@H](O)[C@@H]2O)[C@@H](COP(=O)(O)CCP(=O)(O)OP(=O)(O)OC[C@H]2O[C@@H]([n+]3cn(C)c4c(=O)[nH]c(N)nc43)[C@H](O)[C@@H]2CC(=O)N(C)C)O[C@H]1n1cnc2c(N)ncnc21. The number of imidazole rings is 3. The zero-order valence-electron chi connectivity index (χ0n) is 42.6. The van der Waals surface area contributed by atoms with E-state index >= 15 is 0 Å². The van der Waals surface area contributed by atoms with Gasteiger partial charge in [-0.25, -0.2) is 37.9 Å². The number of amides is 1. The number of aryl methyl sites for hydroxylation is 1. The summed E-state index contributed by atoms with van der Waals surface area (Å²) >= 11 is 0. The Hall–Kier alpha value is -5.60. The van der Waals surface area contributed by atoms with Crippen molar-refractivity contribution >= 4 is 88.0 Å². The van der Waals surface area contributed by atoms with Crippen LogP contribution in [0, 0.1) is 5.92 Å². The van der Waals surface area contributed by atoms with Crippen LogP contribution in [0.5, 0.6) is 0 Å². The molecule has 0 spiro atoms. The van der Waals surface area contributed by atoms with E-state index in [1.165, 1.54) is 52.4 Å². The van der Waals surface area contributed by atoms with E-state index in [4.69, 9.17) is 54.2 Å². The van der Waals surface area contributed by atoms with Gasteiger partial charge in [0.1, 0.15) is 54.6 Å². The van der Waals surface area contributed by atoms with Gasteiger partial charge in [0.05, 0.1) is 58.0 Å². The van der Waals surface area contributed by atoms with Gasteiger partial charge in [0.25, 0.3) is 17.1 Å². The van der Waals surface area contributed by atoms with Gasteiger partial charge in [-0.2, -0.15) is 4.98 Å². The molecule has 81 heavy (non-hydrogen) atoms. The smallest absolute Gasteiger partial charge is 0.387 e. The van der Waals surface area contributed by atoms with Crippen molar-refractivity contribution in [3.63, 3.8) is 0 Å². The van der Waals surface area contributed by atoms with E-state index in [1.807, 2.05) is 0 Å². The van der Waals surface area contributed by atoms with Crippen molar-refractivity contribution in [2.45, 2.75) is 73.9 Å². The van der Waals surface area contributed by atoms with Crippen LogP contribution < -0.4 is 32.9 Å². The van der Waals surface area contributed by atoms with Crippen molar-refractivity contribution < 1.29 is 104 Å². The van der Waals surface area contributed by atoms with E-state index in [-0.39, 0.29) is 51.2 Å². The number of hydrogen-bond donors (Lipinski definition) is 12. The molecule has 3 saturated heterocycles. The molecule has 6 aromatic heterocycles. The molecule has 0 aliphatic carbocycles. The van der Waals surface area contributed by atoms with Gasteiger partial charge in [0, 0.05) is 33.5 Å². The molecule has 1 amide bonds. The second-order valence-electron chi connectivity index (χ2n) is 18.8. The number of nitrogen functional groups attached to an aromatic ring is 3. The molecule has 444 valence electrons. The highest BCUT2D eigenvalue weighted by Gasteiger charge is 2.53. The van der Waals surface area contributed by atoms with Crippen molar-refractivity contribution in [1.82, 2.24) is 58.5 Å². The van der Waals surface area contributed by atoms with Gasteiger partial charge in [-0.15, -0.1) is 0 Å². The van der Waals surface area contributed by atoms with Crippen LogP contribution in [0.15, 0.2) is 34.9 Å². The van der Waals surface area contributed by atoms with E-state index in [2.05, 4.69) is 44.2 Å². The second-order valence-corrected chi connectivity index (χ2v) is 25.8. The molecule has 3 aliphatic heterocycles. The van der Waals surface area contributed by atoms with Crippen LogP contribution in [0.2, 0.25) is 0 Å². The lowest BCUT2D eigenvalue weighted by molar-refractivity contribution is -0.745. The normalized spacial score (nSPS) is 29.0. The first kappa shape index (κ1) is 60.0. The summed E-state index contributed by atoms with van der Waals surface area (Å²) in [5, 5.41) is 33.3. The minimum Gasteiger partial charge on any atom is -0.387 e. The van der Waals surface area contributed by atoms with Crippen molar-refractivity contribution in [1.29, 1.82) is 0 Å². The average Bonchev–Trinajstić information content (AvgIpc) is 4.36. The van der Waals surface area contributed by atoms with Crippen molar-refractivity contribution in [3.8, 4) is 0 Å². The predicted molar refractivity (Wildman–Crippen MR) is 268 cm³/mol. The van der Waals surface area contributed by atoms with Gasteiger partial charge in [-0.05, 0) is 0 Å². The zero-order chi connectivity index (χ0) is 58.8. The van der Waals surface area contributed by atoms with E-state index in [1.54, 1.807) is 0 Å². The number of carbonyl (C=O) groups is 1. The van der Waals surface area contributed by atoms with Crippen molar-refractivity contribution in [3.05, 3.63) is 46.0 Å². The number of H-pyrrole nitrogens is 2. The number of aromatic nitrogens is 12. The summed E-state index contributed by atoms with van der Waals surface area (Å²) in [6.45, 7) is -2.91. The fraction of sp³-hybridized carbons (Fsp3) is 0.579. The van der Waals surface area contributed by atoms with Gasteiger partial charge in [-0.3, -0.25) is 60.8 Å². The summed E-state index contributed by atoms with van der Waals surface area (Å²) in [5.41, 5.74) is 15.9. The number of anilines is 3. The van der Waals surface area contributed by atoms with Crippen LogP contribution in [0.4, 0.5) is 17.7 Å². The minimum atomic E-state index is -5.62. The molecule has 9 heterocycles. The number of hydrogen-bond acceptors (Lipinski definition) is 28. The van der Waals surface area contributed by atoms with E-state index in [0.29, 0.717) is 0 Å². The molecule has 0 radical (unpaired) electrons. The molecule has 43 heteroatoms. The van der Waals surface area contributed by atoms with E-state index in [9.17, 15) is 67.5 Å². The number of methoxy groups -OCH3 is 1. The number of nitrogens with two attached hydrogens (primary N) is 3. The molecule has 0 aromatic carbocycles. The number of phosphoric acid groups is 2. The van der Waals surface area contributed by atoms with E-state index in [0.717, 1.165) is 24.3 Å². The molecule has 3 fully saturated rings. The van der Waals surface area contributed by atoms with Gasteiger partial charge in [-0.1, -0.05) is 4.98 Å². The first-order valence-electron chi connectivity index (χ1n) is 23.7. The van der Waals surface area contributed by atoms with Gasteiger partial charge < -0.3 is 80.5 Å².